The predicted molar refractivity (Wildman–Crippen MR) is 93.7 cm³/mol. The first-order valence-electron chi connectivity index (χ1n) is 8.42. The van der Waals surface area contributed by atoms with Gasteiger partial charge in [0.05, 0.1) is 17.0 Å². The summed E-state index contributed by atoms with van der Waals surface area (Å²) in [6.45, 7) is 3.86. The van der Waals surface area contributed by atoms with Crippen LogP contribution >= 0.6 is 0 Å². The number of halogens is 3. The summed E-state index contributed by atoms with van der Waals surface area (Å²) in [5.74, 6) is 0.0357. The van der Waals surface area contributed by atoms with Crippen LogP contribution in [0.25, 0.3) is 11.3 Å². The number of aryl methyl sites for hydroxylation is 3. The third-order valence-electron chi connectivity index (χ3n) is 4.72. The average molecular weight is 362 g/mol. The van der Waals surface area contributed by atoms with Gasteiger partial charge >= 0.3 is 6.18 Å². The summed E-state index contributed by atoms with van der Waals surface area (Å²) < 4.78 is 42.8. The molecule has 1 aromatic carbocycles. The van der Waals surface area contributed by atoms with Crippen LogP contribution in [0.1, 0.15) is 41.8 Å². The quantitative estimate of drug-likeness (QED) is 0.675. The van der Waals surface area contributed by atoms with Crippen molar-refractivity contribution in [3.63, 3.8) is 0 Å². The van der Waals surface area contributed by atoms with Gasteiger partial charge in [0.2, 0.25) is 0 Å². The second kappa shape index (κ2) is 6.63. The molecule has 0 saturated carbocycles. The van der Waals surface area contributed by atoms with E-state index in [-0.39, 0.29) is 5.92 Å². The van der Waals surface area contributed by atoms with Gasteiger partial charge < -0.3 is 0 Å². The van der Waals surface area contributed by atoms with Crippen molar-refractivity contribution in [2.45, 2.75) is 32.4 Å². The normalized spacial score (nSPS) is 13.2. The van der Waals surface area contributed by atoms with Gasteiger partial charge in [-0.15, -0.1) is 0 Å². The van der Waals surface area contributed by atoms with E-state index in [2.05, 4.69) is 17.1 Å². The van der Waals surface area contributed by atoms with Crippen molar-refractivity contribution in [3.05, 3.63) is 59.0 Å². The second-order valence-corrected chi connectivity index (χ2v) is 6.45. The van der Waals surface area contributed by atoms with Crippen LogP contribution < -0.4 is 0 Å². The highest BCUT2D eigenvalue weighted by Gasteiger charge is 2.31. The highest BCUT2D eigenvalue weighted by molar-refractivity contribution is 5.65. The van der Waals surface area contributed by atoms with E-state index >= 15 is 0 Å². The number of hydrogen-bond acceptors (Lipinski definition) is 2. The zero-order valence-electron chi connectivity index (χ0n) is 15.2. The summed E-state index contributed by atoms with van der Waals surface area (Å²) in [5, 5.41) is 8.79. The molecule has 138 valence electrons. The van der Waals surface area contributed by atoms with Gasteiger partial charge in [-0.1, -0.05) is 13.0 Å². The topological polar surface area (TPSA) is 35.6 Å². The molecule has 0 aliphatic carbocycles. The summed E-state index contributed by atoms with van der Waals surface area (Å²) in [4.78, 5) is 0. The van der Waals surface area contributed by atoms with Crippen molar-refractivity contribution in [2.75, 3.05) is 0 Å². The van der Waals surface area contributed by atoms with E-state index < -0.39 is 11.7 Å². The minimum Gasteiger partial charge on any atom is -0.272 e. The Balaban J connectivity index is 2.08. The third-order valence-corrected chi connectivity index (χ3v) is 4.72. The molecule has 0 bridgehead atoms. The van der Waals surface area contributed by atoms with Gasteiger partial charge in [0.15, 0.2) is 0 Å². The van der Waals surface area contributed by atoms with Crippen LogP contribution in [0.4, 0.5) is 13.2 Å². The molecule has 0 amide bonds. The first-order valence-corrected chi connectivity index (χ1v) is 8.42. The van der Waals surface area contributed by atoms with Crippen LogP contribution in [0.15, 0.2) is 36.5 Å². The maximum absolute atomic E-state index is 13.1. The van der Waals surface area contributed by atoms with E-state index in [9.17, 15) is 13.2 Å². The van der Waals surface area contributed by atoms with Gasteiger partial charge in [-0.2, -0.15) is 23.4 Å². The fraction of sp³-hybridized carbons (Fsp3) is 0.368. The molecule has 0 aliphatic rings. The van der Waals surface area contributed by atoms with Gasteiger partial charge in [-0.3, -0.25) is 9.36 Å². The van der Waals surface area contributed by atoms with E-state index in [1.807, 2.05) is 19.2 Å². The zero-order chi connectivity index (χ0) is 19.1. The first kappa shape index (κ1) is 18.2. The lowest BCUT2D eigenvalue weighted by Crippen LogP contribution is -2.07. The number of hydrogen-bond donors (Lipinski definition) is 0. The Hall–Kier alpha value is -2.57. The van der Waals surface area contributed by atoms with E-state index in [0.717, 1.165) is 29.4 Å². The summed E-state index contributed by atoms with van der Waals surface area (Å²) >= 11 is 0. The molecule has 0 aliphatic heterocycles. The van der Waals surface area contributed by atoms with Crippen LogP contribution in [0.2, 0.25) is 0 Å². The molecule has 3 rings (SSSR count). The van der Waals surface area contributed by atoms with Crippen LogP contribution in [0, 0.1) is 6.92 Å². The Kier molecular flexibility index (Phi) is 4.64. The first-order chi connectivity index (χ1) is 12.2. The SMILES string of the molecule is CCC(c1cc(-c2cc(C(F)(F)F)ccc2C)n(C)n1)c1ccnn1C. The van der Waals surface area contributed by atoms with E-state index in [0.29, 0.717) is 11.3 Å². The van der Waals surface area contributed by atoms with E-state index in [1.54, 1.807) is 29.5 Å². The Bertz CT molecular complexity index is 921. The lowest BCUT2D eigenvalue weighted by atomic mass is 9.96. The molecule has 2 aromatic heterocycles. The van der Waals surface area contributed by atoms with Gasteiger partial charge in [-0.05, 0) is 43.2 Å². The van der Waals surface area contributed by atoms with Crippen molar-refractivity contribution in [3.8, 4) is 11.3 Å². The smallest absolute Gasteiger partial charge is 0.272 e. The number of rotatable bonds is 4. The van der Waals surface area contributed by atoms with Crippen LogP contribution in [-0.2, 0) is 20.3 Å². The molecule has 26 heavy (non-hydrogen) atoms. The van der Waals surface area contributed by atoms with Gasteiger partial charge in [0, 0.05) is 37.5 Å². The Morgan fingerprint density at radius 1 is 1.08 bits per heavy atom. The highest BCUT2D eigenvalue weighted by atomic mass is 19.4. The summed E-state index contributed by atoms with van der Waals surface area (Å²) in [7, 11) is 3.63. The van der Waals surface area contributed by atoms with Crippen LogP contribution in [-0.4, -0.2) is 19.6 Å². The van der Waals surface area contributed by atoms with Crippen molar-refractivity contribution < 1.29 is 13.2 Å². The Morgan fingerprint density at radius 2 is 1.81 bits per heavy atom. The van der Waals surface area contributed by atoms with E-state index in [1.165, 1.54) is 12.1 Å². The van der Waals surface area contributed by atoms with Gasteiger partial charge in [-0.25, -0.2) is 0 Å². The lowest BCUT2D eigenvalue weighted by molar-refractivity contribution is -0.137. The zero-order valence-corrected chi connectivity index (χ0v) is 15.2. The maximum atomic E-state index is 13.1. The standard InChI is InChI=1S/C19H21F3N4/c1-5-14(17-8-9-23-25(17)3)16-11-18(26(4)24-16)15-10-13(19(20,21)22)7-6-12(15)2/h6-11,14H,5H2,1-4H3. The number of nitrogens with zero attached hydrogens (tertiary/aromatic N) is 4. The molecule has 7 heteroatoms. The maximum Gasteiger partial charge on any atom is 0.416 e. The second-order valence-electron chi connectivity index (χ2n) is 6.45. The number of benzene rings is 1. The fourth-order valence-corrected chi connectivity index (χ4v) is 3.28. The monoisotopic (exact) mass is 362 g/mol. The average Bonchev–Trinajstić information content (AvgIpc) is 3.14. The van der Waals surface area contributed by atoms with Crippen LogP contribution in [0.3, 0.4) is 0 Å². The molecule has 0 radical (unpaired) electrons. The number of alkyl halides is 3. The van der Waals surface area contributed by atoms with Crippen LogP contribution in [0.5, 0.6) is 0 Å². The van der Waals surface area contributed by atoms with E-state index in [4.69, 9.17) is 0 Å². The largest absolute Gasteiger partial charge is 0.416 e. The molecular formula is C19H21F3N4. The molecule has 0 fully saturated rings. The Labute approximate surface area is 150 Å². The lowest BCUT2D eigenvalue weighted by Gasteiger charge is -2.12. The molecule has 0 saturated heterocycles. The molecule has 4 nitrogen and oxygen atoms in total. The van der Waals surface area contributed by atoms with Crippen molar-refractivity contribution >= 4 is 0 Å². The summed E-state index contributed by atoms with van der Waals surface area (Å²) in [6, 6.07) is 7.63. The Morgan fingerprint density at radius 3 is 2.38 bits per heavy atom. The van der Waals surface area contributed by atoms with Gasteiger partial charge in [0.1, 0.15) is 0 Å². The molecule has 3 aromatic rings. The fourth-order valence-electron chi connectivity index (χ4n) is 3.28. The summed E-state index contributed by atoms with van der Waals surface area (Å²) in [5.41, 5.74) is 3.19. The molecule has 1 atom stereocenters. The van der Waals surface area contributed by atoms with Crippen molar-refractivity contribution in [2.24, 2.45) is 14.1 Å². The number of aromatic nitrogens is 4. The molecular weight excluding hydrogens is 341 g/mol. The predicted octanol–water partition coefficient (Wildman–Crippen LogP) is 4.69. The minimum atomic E-state index is -4.37. The summed E-state index contributed by atoms with van der Waals surface area (Å²) in [6.07, 6.45) is -1.82. The molecule has 1 unspecified atom stereocenters. The minimum absolute atomic E-state index is 0.0357. The van der Waals surface area contributed by atoms with Gasteiger partial charge in [0.25, 0.3) is 0 Å². The molecule has 0 N–H and O–H groups in total. The third kappa shape index (κ3) is 3.25. The molecule has 2 heterocycles. The van der Waals surface area contributed by atoms with Crippen molar-refractivity contribution in [1.29, 1.82) is 0 Å². The highest BCUT2D eigenvalue weighted by Crippen LogP contribution is 2.35. The van der Waals surface area contributed by atoms with Crippen molar-refractivity contribution in [1.82, 2.24) is 19.6 Å². The molecule has 0 spiro atoms.